The summed E-state index contributed by atoms with van der Waals surface area (Å²) >= 11 is 11.1. The van der Waals surface area contributed by atoms with E-state index < -0.39 is 21.3 Å². The average Bonchev–Trinajstić information content (AvgIpc) is 2.51. The van der Waals surface area contributed by atoms with Gasteiger partial charge in [-0.05, 0) is 12.2 Å². The predicted molar refractivity (Wildman–Crippen MR) is 73.6 cm³/mol. The van der Waals surface area contributed by atoms with E-state index in [0.717, 1.165) is 0 Å². The summed E-state index contributed by atoms with van der Waals surface area (Å²) in [4.78, 5) is 1.57. The van der Waals surface area contributed by atoms with Gasteiger partial charge in [0.1, 0.15) is 0 Å². The van der Waals surface area contributed by atoms with E-state index in [2.05, 4.69) is 5.32 Å². The Morgan fingerprint density at radius 2 is 1.89 bits per heavy atom. The minimum atomic E-state index is -3.11. The number of halogens is 1. The highest BCUT2D eigenvalue weighted by molar-refractivity contribution is 7.91. The third-order valence-corrected chi connectivity index (χ3v) is 5.37. The summed E-state index contributed by atoms with van der Waals surface area (Å²) in [5, 5.41) is 20.4. The van der Waals surface area contributed by atoms with Gasteiger partial charge < -0.3 is 20.4 Å². The minimum absolute atomic E-state index is 0.0482. The second-order valence-corrected chi connectivity index (χ2v) is 7.18. The Morgan fingerprint density at radius 3 is 2.28 bits per heavy atom. The maximum Gasteiger partial charge on any atom is 0.169 e. The van der Waals surface area contributed by atoms with Crippen molar-refractivity contribution < 1.29 is 18.6 Å². The molecule has 1 aliphatic heterocycles. The van der Waals surface area contributed by atoms with E-state index >= 15 is 0 Å². The third kappa shape index (κ3) is 4.51. The van der Waals surface area contributed by atoms with Crippen molar-refractivity contribution in [3.63, 3.8) is 0 Å². The fourth-order valence-electron chi connectivity index (χ4n) is 1.74. The van der Waals surface area contributed by atoms with Crippen molar-refractivity contribution in [1.29, 1.82) is 0 Å². The van der Waals surface area contributed by atoms with Gasteiger partial charge in [0, 0.05) is 13.1 Å². The number of aliphatic hydroxyl groups excluding tert-OH is 2. The van der Waals surface area contributed by atoms with E-state index in [1.165, 1.54) is 0 Å². The molecule has 0 bridgehead atoms. The maximum atomic E-state index is 11.4. The minimum Gasteiger partial charge on any atom is -0.395 e. The van der Waals surface area contributed by atoms with Gasteiger partial charge in [0.15, 0.2) is 14.9 Å². The molecule has 0 unspecified atom stereocenters. The van der Waals surface area contributed by atoms with Gasteiger partial charge in [0.2, 0.25) is 0 Å². The second kappa shape index (κ2) is 6.85. The van der Waals surface area contributed by atoms with Crippen LogP contribution in [0.3, 0.4) is 0 Å². The van der Waals surface area contributed by atoms with Crippen LogP contribution in [0.2, 0.25) is 0 Å². The number of thiocarbonyl (C=S) groups is 1. The van der Waals surface area contributed by atoms with Crippen LogP contribution in [0.4, 0.5) is 0 Å². The summed E-state index contributed by atoms with van der Waals surface area (Å²) in [6.07, 6.45) is 0. The molecule has 1 rings (SSSR count). The van der Waals surface area contributed by atoms with Crippen LogP contribution in [-0.4, -0.2) is 77.9 Å². The van der Waals surface area contributed by atoms with E-state index in [4.69, 9.17) is 34.0 Å². The molecule has 0 aromatic rings. The fourth-order valence-corrected chi connectivity index (χ4v) is 4.63. The summed E-state index contributed by atoms with van der Waals surface area (Å²) in [6.45, 7) is 0.349. The summed E-state index contributed by atoms with van der Waals surface area (Å²) in [5.41, 5.74) is 0. The van der Waals surface area contributed by atoms with Crippen molar-refractivity contribution in [1.82, 2.24) is 10.2 Å². The topological polar surface area (TPSA) is 89.9 Å². The standard InChI is InChI=1S/C9H17ClN2O4S2/c10-7-5-18(15,16)6-8(7)11-9(17)12(1-3-13)2-4-14/h7-8,13-14H,1-6H2,(H,11,17)/t7-,8-/m0/s1. The van der Waals surface area contributed by atoms with Gasteiger partial charge in [0.05, 0.1) is 36.1 Å². The number of nitrogens with one attached hydrogen (secondary N) is 1. The second-order valence-electron chi connectivity index (χ2n) is 4.08. The molecule has 0 aliphatic carbocycles. The lowest BCUT2D eigenvalue weighted by molar-refractivity contribution is 0.210. The van der Waals surface area contributed by atoms with Crippen molar-refractivity contribution in [2.45, 2.75) is 11.4 Å². The first-order valence-corrected chi connectivity index (χ1v) is 8.18. The lowest BCUT2D eigenvalue weighted by Crippen LogP contribution is -2.49. The number of rotatable bonds is 5. The zero-order valence-electron chi connectivity index (χ0n) is 9.75. The monoisotopic (exact) mass is 316 g/mol. The average molecular weight is 317 g/mol. The summed E-state index contributed by atoms with van der Waals surface area (Å²) in [7, 11) is -3.11. The smallest absolute Gasteiger partial charge is 0.169 e. The Balaban J connectivity index is 2.58. The molecule has 0 amide bonds. The Labute approximate surface area is 117 Å². The fraction of sp³-hybridized carbons (Fsp3) is 0.889. The van der Waals surface area contributed by atoms with E-state index in [0.29, 0.717) is 5.11 Å². The molecule has 0 radical (unpaired) electrons. The molecule has 0 saturated carbocycles. The van der Waals surface area contributed by atoms with Crippen molar-refractivity contribution in [2.75, 3.05) is 37.8 Å². The molecule has 2 atom stereocenters. The number of hydrogen-bond acceptors (Lipinski definition) is 5. The normalized spacial score (nSPS) is 25.9. The molecule has 0 aromatic heterocycles. The van der Waals surface area contributed by atoms with Gasteiger partial charge >= 0.3 is 0 Å². The first kappa shape index (κ1) is 15.9. The van der Waals surface area contributed by atoms with Crippen LogP contribution in [0.15, 0.2) is 0 Å². The zero-order chi connectivity index (χ0) is 13.8. The van der Waals surface area contributed by atoms with Crippen LogP contribution < -0.4 is 5.32 Å². The Kier molecular flexibility index (Phi) is 6.06. The molecular weight excluding hydrogens is 300 g/mol. The van der Waals surface area contributed by atoms with Crippen LogP contribution >= 0.6 is 23.8 Å². The Morgan fingerprint density at radius 1 is 1.33 bits per heavy atom. The predicted octanol–water partition coefficient (Wildman–Crippen LogP) is -1.45. The zero-order valence-corrected chi connectivity index (χ0v) is 12.1. The van der Waals surface area contributed by atoms with E-state index in [9.17, 15) is 8.42 Å². The lowest BCUT2D eigenvalue weighted by atomic mass is 10.2. The highest BCUT2D eigenvalue weighted by atomic mass is 35.5. The highest BCUT2D eigenvalue weighted by Gasteiger charge is 2.37. The van der Waals surface area contributed by atoms with Crippen molar-refractivity contribution in [3.8, 4) is 0 Å². The van der Waals surface area contributed by atoms with Gasteiger partial charge in [-0.25, -0.2) is 8.42 Å². The van der Waals surface area contributed by atoms with Crippen molar-refractivity contribution >= 4 is 38.8 Å². The quantitative estimate of drug-likeness (QED) is 0.422. The number of aliphatic hydroxyl groups is 2. The summed E-state index contributed by atoms with van der Waals surface area (Å²) < 4.78 is 22.8. The Hall–Kier alpha value is -0.150. The van der Waals surface area contributed by atoms with Crippen LogP contribution in [0.5, 0.6) is 0 Å². The third-order valence-electron chi connectivity index (χ3n) is 2.62. The largest absolute Gasteiger partial charge is 0.395 e. The molecular formula is C9H17ClN2O4S2. The number of hydrogen-bond donors (Lipinski definition) is 3. The number of alkyl halides is 1. The van der Waals surface area contributed by atoms with Crippen LogP contribution in [0, 0.1) is 0 Å². The molecule has 1 saturated heterocycles. The molecule has 18 heavy (non-hydrogen) atoms. The molecule has 9 heteroatoms. The summed E-state index contributed by atoms with van der Waals surface area (Å²) in [6, 6.07) is -0.427. The van der Waals surface area contributed by atoms with Gasteiger partial charge in [-0.15, -0.1) is 11.6 Å². The van der Waals surface area contributed by atoms with Gasteiger partial charge in [0.25, 0.3) is 0 Å². The number of nitrogens with zero attached hydrogens (tertiary/aromatic N) is 1. The molecule has 3 N–H and O–H groups in total. The van der Waals surface area contributed by atoms with E-state index in [-0.39, 0.29) is 37.8 Å². The van der Waals surface area contributed by atoms with Crippen molar-refractivity contribution in [3.05, 3.63) is 0 Å². The Bertz CT molecular complexity index is 384. The SMILES string of the molecule is O=S1(=O)C[C@H](NC(=S)N(CCO)CCO)[C@@H](Cl)C1. The van der Waals surface area contributed by atoms with Gasteiger partial charge in [-0.3, -0.25) is 0 Å². The van der Waals surface area contributed by atoms with E-state index in [1.54, 1.807) is 4.90 Å². The molecule has 1 heterocycles. The molecule has 1 fully saturated rings. The summed E-state index contributed by atoms with van der Waals surface area (Å²) in [5.74, 6) is -0.109. The van der Waals surface area contributed by atoms with Crippen LogP contribution in [-0.2, 0) is 9.84 Å². The van der Waals surface area contributed by atoms with Crippen LogP contribution in [0.25, 0.3) is 0 Å². The molecule has 106 valence electrons. The molecule has 1 aliphatic rings. The van der Waals surface area contributed by atoms with E-state index in [1.807, 2.05) is 0 Å². The van der Waals surface area contributed by atoms with Gasteiger partial charge in [-0.1, -0.05) is 0 Å². The number of sulfone groups is 1. The maximum absolute atomic E-state index is 11.4. The van der Waals surface area contributed by atoms with Crippen molar-refractivity contribution in [2.24, 2.45) is 0 Å². The lowest BCUT2D eigenvalue weighted by Gasteiger charge is -2.27. The molecule has 0 spiro atoms. The first-order chi connectivity index (χ1) is 8.39. The first-order valence-electron chi connectivity index (χ1n) is 5.51. The van der Waals surface area contributed by atoms with Gasteiger partial charge in [-0.2, -0.15) is 0 Å². The highest BCUT2D eigenvalue weighted by Crippen LogP contribution is 2.18. The molecule has 0 aromatic carbocycles. The molecule has 6 nitrogen and oxygen atoms in total. The van der Waals surface area contributed by atoms with Crippen LogP contribution in [0.1, 0.15) is 0 Å².